The van der Waals surface area contributed by atoms with Crippen LogP contribution in [0.3, 0.4) is 0 Å². The molecule has 17 heavy (non-hydrogen) atoms. The van der Waals surface area contributed by atoms with Gasteiger partial charge in [-0.15, -0.1) is 0 Å². The molecule has 2 nitrogen and oxygen atoms in total. The maximum Gasteiger partial charge on any atom is 0.139 e. The lowest BCUT2D eigenvalue weighted by Gasteiger charge is -2.41. The van der Waals surface area contributed by atoms with Crippen molar-refractivity contribution in [1.29, 1.82) is 0 Å². The molecule has 2 saturated carbocycles. The summed E-state index contributed by atoms with van der Waals surface area (Å²) in [5.41, 5.74) is -0.0766. The average molecular weight is 238 g/mol. The molecule has 2 aliphatic carbocycles. The Hall–Kier alpha value is -0.370. The predicted octanol–water partition coefficient (Wildman–Crippen LogP) is 3.73. The van der Waals surface area contributed by atoms with E-state index < -0.39 is 0 Å². The van der Waals surface area contributed by atoms with E-state index in [9.17, 15) is 4.79 Å². The van der Waals surface area contributed by atoms with Gasteiger partial charge in [-0.25, -0.2) is 0 Å². The molecular formula is C15H26O2. The lowest BCUT2D eigenvalue weighted by Crippen LogP contribution is -2.43. The number of carbonyl (C=O) groups is 1. The topological polar surface area (TPSA) is 26.3 Å². The SMILES string of the molecule is CCC1CCCCC1C(=O)CC1(OC)CCC1. The number of methoxy groups -OCH3 is 1. The quantitative estimate of drug-likeness (QED) is 0.729. The molecule has 0 saturated heterocycles. The molecule has 2 atom stereocenters. The van der Waals surface area contributed by atoms with Crippen molar-refractivity contribution in [2.24, 2.45) is 11.8 Å². The molecule has 2 fully saturated rings. The molecule has 0 radical (unpaired) electrons. The molecule has 2 heteroatoms. The fourth-order valence-electron chi connectivity index (χ4n) is 3.59. The van der Waals surface area contributed by atoms with E-state index in [0.717, 1.165) is 25.7 Å². The maximum atomic E-state index is 12.5. The number of ether oxygens (including phenoxy) is 1. The van der Waals surface area contributed by atoms with Crippen LogP contribution in [0.2, 0.25) is 0 Å². The standard InChI is InChI=1S/C15H26O2/c1-3-12-7-4-5-8-13(12)14(16)11-15(17-2)9-6-10-15/h12-13H,3-11H2,1-2H3. The van der Waals surface area contributed by atoms with Gasteiger partial charge in [0.15, 0.2) is 0 Å². The summed E-state index contributed by atoms with van der Waals surface area (Å²) in [7, 11) is 1.77. The highest BCUT2D eigenvalue weighted by Crippen LogP contribution is 2.41. The molecule has 0 aliphatic heterocycles. The van der Waals surface area contributed by atoms with E-state index in [1.54, 1.807) is 7.11 Å². The Morgan fingerprint density at radius 3 is 2.47 bits per heavy atom. The average Bonchev–Trinajstić information content (AvgIpc) is 2.33. The zero-order valence-electron chi connectivity index (χ0n) is 11.3. The van der Waals surface area contributed by atoms with Crippen LogP contribution in [0.25, 0.3) is 0 Å². The Kier molecular flexibility index (Phi) is 4.24. The molecular weight excluding hydrogens is 212 g/mol. The molecule has 0 amide bonds. The Morgan fingerprint density at radius 1 is 1.24 bits per heavy atom. The van der Waals surface area contributed by atoms with Gasteiger partial charge in [0, 0.05) is 19.4 Å². The van der Waals surface area contributed by atoms with Crippen molar-refractivity contribution in [3.63, 3.8) is 0 Å². The second-order valence-corrected chi connectivity index (χ2v) is 5.94. The fraction of sp³-hybridized carbons (Fsp3) is 0.933. The fourth-order valence-corrected chi connectivity index (χ4v) is 3.59. The summed E-state index contributed by atoms with van der Waals surface area (Å²) in [6.07, 6.45) is 10.2. The van der Waals surface area contributed by atoms with E-state index in [0.29, 0.717) is 24.0 Å². The molecule has 0 spiro atoms. The number of carbonyl (C=O) groups excluding carboxylic acids is 1. The van der Waals surface area contributed by atoms with Crippen molar-refractivity contribution < 1.29 is 9.53 Å². The van der Waals surface area contributed by atoms with E-state index in [4.69, 9.17) is 4.74 Å². The monoisotopic (exact) mass is 238 g/mol. The first kappa shape index (κ1) is 13.1. The van der Waals surface area contributed by atoms with Crippen LogP contribution in [-0.4, -0.2) is 18.5 Å². The Bertz CT molecular complexity index is 263. The number of rotatable bonds is 5. The van der Waals surface area contributed by atoms with Crippen LogP contribution in [0, 0.1) is 11.8 Å². The molecule has 0 N–H and O–H groups in total. The Morgan fingerprint density at radius 2 is 1.94 bits per heavy atom. The third-order valence-electron chi connectivity index (χ3n) is 5.04. The van der Waals surface area contributed by atoms with E-state index in [2.05, 4.69) is 6.92 Å². The zero-order valence-corrected chi connectivity index (χ0v) is 11.3. The molecule has 2 aliphatic rings. The molecule has 0 bridgehead atoms. The summed E-state index contributed by atoms with van der Waals surface area (Å²) >= 11 is 0. The van der Waals surface area contributed by atoms with Crippen molar-refractivity contribution in [2.75, 3.05) is 7.11 Å². The molecule has 0 aromatic heterocycles. The van der Waals surface area contributed by atoms with Gasteiger partial charge in [-0.05, 0) is 38.0 Å². The van der Waals surface area contributed by atoms with Gasteiger partial charge in [-0.3, -0.25) is 4.79 Å². The molecule has 0 aromatic rings. The minimum absolute atomic E-state index is 0.0766. The van der Waals surface area contributed by atoms with Crippen molar-refractivity contribution in [3.8, 4) is 0 Å². The summed E-state index contributed by atoms with van der Waals surface area (Å²) in [4.78, 5) is 12.5. The van der Waals surface area contributed by atoms with Crippen LogP contribution in [0.15, 0.2) is 0 Å². The molecule has 0 heterocycles. The van der Waals surface area contributed by atoms with Crippen molar-refractivity contribution in [1.82, 2.24) is 0 Å². The van der Waals surface area contributed by atoms with Gasteiger partial charge >= 0.3 is 0 Å². The van der Waals surface area contributed by atoms with E-state index in [-0.39, 0.29) is 5.60 Å². The Labute approximate surface area is 105 Å². The third kappa shape index (κ3) is 2.73. The summed E-state index contributed by atoms with van der Waals surface area (Å²) in [5, 5.41) is 0. The second kappa shape index (κ2) is 5.51. The van der Waals surface area contributed by atoms with Crippen LogP contribution in [0.1, 0.15) is 64.7 Å². The highest BCUT2D eigenvalue weighted by Gasteiger charge is 2.41. The van der Waals surface area contributed by atoms with Crippen molar-refractivity contribution in [2.45, 2.75) is 70.3 Å². The van der Waals surface area contributed by atoms with Crippen LogP contribution in [0.4, 0.5) is 0 Å². The van der Waals surface area contributed by atoms with Crippen LogP contribution < -0.4 is 0 Å². The van der Waals surface area contributed by atoms with Crippen molar-refractivity contribution in [3.05, 3.63) is 0 Å². The summed E-state index contributed by atoms with van der Waals surface area (Å²) in [6.45, 7) is 2.23. The lowest BCUT2D eigenvalue weighted by molar-refractivity contribution is -0.138. The van der Waals surface area contributed by atoms with Crippen LogP contribution in [0.5, 0.6) is 0 Å². The zero-order chi connectivity index (χ0) is 12.3. The second-order valence-electron chi connectivity index (χ2n) is 5.94. The van der Waals surface area contributed by atoms with Gasteiger partial charge in [-0.2, -0.15) is 0 Å². The lowest BCUT2D eigenvalue weighted by atomic mass is 9.70. The highest BCUT2D eigenvalue weighted by atomic mass is 16.5. The smallest absolute Gasteiger partial charge is 0.139 e. The molecule has 98 valence electrons. The minimum Gasteiger partial charge on any atom is -0.378 e. The molecule has 0 aromatic carbocycles. The van der Waals surface area contributed by atoms with Crippen molar-refractivity contribution >= 4 is 5.78 Å². The Balaban J connectivity index is 1.93. The molecule has 2 rings (SSSR count). The third-order valence-corrected chi connectivity index (χ3v) is 5.04. The van der Waals surface area contributed by atoms with Crippen LogP contribution in [-0.2, 0) is 9.53 Å². The summed E-state index contributed by atoms with van der Waals surface area (Å²) in [5.74, 6) is 1.46. The number of ketones is 1. The normalized spacial score (nSPS) is 31.9. The van der Waals surface area contributed by atoms with E-state index in [1.165, 1.54) is 25.7 Å². The number of hydrogen-bond donors (Lipinski definition) is 0. The predicted molar refractivity (Wildman–Crippen MR) is 69.0 cm³/mol. The highest BCUT2D eigenvalue weighted by molar-refractivity contribution is 5.82. The van der Waals surface area contributed by atoms with E-state index in [1.807, 2.05) is 0 Å². The summed E-state index contributed by atoms with van der Waals surface area (Å²) < 4.78 is 5.58. The maximum absolute atomic E-state index is 12.5. The summed E-state index contributed by atoms with van der Waals surface area (Å²) in [6, 6.07) is 0. The van der Waals surface area contributed by atoms with E-state index >= 15 is 0 Å². The first-order valence-corrected chi connectivity index (χ1v) is 7.28. The minimum atomic E-state index is -0.0766. The first-order chi connectivity index (χ1) is 8.21. The van der Waals surface area contributed by atoms with Gasteiger partial charge in [0.2, 0.25) is 0 Å². The van der Waals surface area contributed by atoms with Gasteiger partial charge < -0.3 is 4.74 Å². The van der Waals surface area contributed by atoms with Gasteiger partial charge in [-0.1, -0.05) is 26.2 Å². The van der Waals surface area contributed by atoms with Gasteiger partial charge in [0.1, 0.15) is 5.78 Å². The molecule has 2 unspecified atom stereocenters. The first-order valence-electron chi connectivity index (χ1n) is 7.28. The largest absolute Gasteiger partial charge is 0.378 e. The van der Waals surface area contributed by atoms with Gasteiger partial charge in [0.05, 0.1) is 5.60 Å². The number of Topliss-reactive ketones (excluding diaryl/α,β-unsaturated/α-hetero) is 1. The number of hydrogen-bond acceptors (Lipinski definition) is 2. The van der Waals surface area contributed by atoms with Crippen LogP contribution >= 0.6 is 0 Å². The van der Waals surface area contributed by atoms with Gasteiger partial charge in [0.25, 0.3) is 0 Å².